The van der Waals surface area contributed by atoms with Crippen molar-refractivity contribution < 1.29 is 38.7 Å². The van der Waals surface area contributed by atoms with Gasteiger partial charge in [-0.15, -0.1) is 5.06 Å². The van der Waals surface area contributed by atoms with Gasteiger partial charge in [0, 0.05) is 37.6 Å². The maximum absolute atomic E-state index is 11.9. The van der Waals surface area contributed by atoms with Gasteiger partial charge in [-0.2, -0.15) is 0 Å². The number of rotatable bonds is 9. The molecule has 27 heavy (non-hydrogen) atoms. The summed E-state index contributed by atoms with van der Waals surface area (Å²) in [6.07, 6.45) is 1.67. The topological polar surface area (TPSA) is 150 Å². The van der Waals surface area contributed by atoms with Gasteiger partial charge in [0.1, 0.15) is 0 Å². The summed E-state index contributed by atoms with van der Waals surface area (Å²) in [7, 11) is 0. The second kappa shape index (κ2) is 8.92. The number of imide groups is 2. The first-order valence-electron chi connectivity index (χ1n) is 8.37. The molecule has 1 unspecified atom stereocenters. The summed E-state index contributed by atoms with van der Waals surface area (Å²) in [4.78, 5) is 74.3. The Bertz CT molecular complexity index is 668. The van der Waals surface area contributed by atoms with Crippen LogP contribution in [0.15, 0.2) is 12.2 Å². The van der Waals surface area contributed by atoms with Crippen LogP contribution in [0.4, 0.5) is 4.79 Å². The van der Waals surface area contributed by atoms with Crippen LogP contribution in [0.2, 0.25) is 0 Å². The third-order valence-electron chi connectivity index (χ3n) is 4.02. The number of hydrogen-bond acceptors (Lipinski definition) is 7. The van der Waals surface area contributed by atoms with Crippen LogP contribution in [-0.2, 0) is 28.8 Å². The highest BCUT2D eigenvalue weighted by molar-refractivity contribution is 6.12. The molecule has 2 heterocycles. The van der Waals surface area contributed by atoms with Crippen molar-refractivity contribution >= 4 is 35.7 Å². The molecule has 0 aliphatic carbocycles. The smallest absolute Gasteiger partial charge is 0.404 e. The van der Waals surface area contributed by atoms with Gasteiger partial charge in [-0.1, -0.05) is 0 Å². The lowest BCUT2D eigenvalue weighted by atomic mass is 10.1. The lowest BCUT2D eigenvalue weighted by Crippen LogP contribution is -2.38. The minimum absolute atomic E-state index is 0.0360. The lowest BCUT2D eigenvalue weighted by molar-refractivity contribution is -0.197. The van der Waals surface area contributed by atoms with E-state index in [-0.39, 0.29) is 32.2 Å². The normalized spacial score (nSPS) is 17.6. The molecular formula is C16H19N3O8. The molecule has 0 saturated carbocycles. The standard InChI is InChI=1S/C16H19N3O8/c20-11-4-5-12(21)18(11)8-2-1-3-10(17-16(25)26)9-15(24)27-19-13(22)6-7-14(19)23/h4-5,10,17H,1-3,6-9H2,(H,25,26). The zero-order valence-corrected chi connectivity index (χ0v) is 14.4. The third kappa shape index (κ3) is 5.62. The molecule has 11 nitrogen and oxygen atoms in total. The molecule has 146 valence electrons. The summed E-state index contributed by atoms with van der Waals surface area (Å²) >= 11 is 0. The first kappa shape index (κ1) is 20.1. The average molecular weight is 381 g/mol. The molecule has 11 heteroatoms. The molecule has 0 radical (unpaired) electrons. The van der Waals surface area contributed by atoms with Crippen molar-refractivity contribution in [2.24, 2.45) is 0 Å². The summed E-state index contributed by atoms with van der Waals surface area (Å²) in [6.45, 7) is 0.186. The predicted molar refractivity (Wildman–Crippen MR) is 86.5 cm³/mol. The van der Waals surface area contributed by atoms with Gasteiger partial charge in [0.05, 0.1) is 6.42 Å². The van der Waals surface area contributed by atoms with Crippen molar-refractivity contribution in [1.29, 1.82) is 0 Å². The average Bonchev–Trinajstić information content (AvgIpc) is 3.07. The summed E-state index contributed by atoms with van der Waals surface area (Å²) in [5, 5.41) is 11.4. The molecular weight excluding hydrogens is 362 g/mol. The fraction of sp³-hybridized carbons (Fsp3) is 0.500. The van der Waals surface area contributed by atoms with Gasteiger partial charge in [-0.25, -0.2) is 9.59 Å². The molecule has 0 aromatic carbocycles. The van der Waals surface area contributed by atoms with Crippen LogP contribution in [-0.4, -0.2) is 63.3 Å². The van der Waals surface area contributed by atoms with Crippen molar-refractivity contribution in [2.75, 3.05) is 6.54 Å². The minimum atomic E-state index is -1.34. The van der Waals surface area contributed by atoms with Crippen molar-refractivity contribution in [1.82, 2.24) is 15.3 Å². The van der Waals surface area contributed by atoms with Crippen LogP contribution in [0.3, 0.4) is 0 Å². The number of amides is 5. The number of carbonyl (C=O) groups excluding carboxylic acids is 5. The third-order valence-corrected chi connectivity index (χ3v) is 4.02. The zero-order valence-electron chi connectivity index (χ0n) is 14.4. The number of carbonyl (C=O) groups is 6. The molecule has 2 rings (SSSR count). The molecule has 2 aliphatic heterocycles. The molecule has 2 N–H and O–H groups in total. The van der Waals surface area contributed by atoms with Gasteiger partial charge in [0.15, 0.2) is 0 Å². The maximum Gasteiger partial charge on any atom is 0.404 e. The monoisotopic (exact) mass is 381 g/mol. The Balaban J connectivity index is 1.78. The van der Waals surface area contributed by atoms with E-state index in [2.05, 4.69) is 5.32 Å². The van der Waals surface area contributed by atoms with E-state index in [1.807, 2.05) is 0 Å². The fourth-order valence-corrected chi connectivity index (χ4v) is 2.71. The van der Waals surface area contributed by atoms with E-state index in [0.717, 1.165) is 4.90 Å². The van der Waals surface area contributed by atoms with Gasteiger partial charge in [-0.05, 0) is 19.3 Å². The van der Waals surface area contributed by atoms with Crippen molar-refractivity contribution in [3.63, 3.8) is 0 Å². The number of unbranched alkanes of at least 4 members (excludes halogenated alkanes) is 1. The SMILES string of the molecule is O=C(O)NC(CCCCN1C(=O)C=CC1=O)CC(=O)ON1C(=O)CCC1=O. The molecule has 0 aromatic rings. The van der Waals surface area contributed by atoms with Crippen LogP contribution in [0.1, 0.15) is 38.5 Å². The second-order valence-electron chi connectivity index (χ2n) is 6.05. The van der Waals surface area contributed by atoms with Crippen molar-refractivity contribution in [3.8, 4) is 0 Å². The number of hydroxylamine groups is 2. The van der Waals surface area contributed by atoms with Crippen LogP contribution in [0.25, 0.3) is 0 Å². The zero-order chi connectivity index (χ0) is 20.0. The Morgan fingerprint density at radius 2 is 1.67 bits per heavy atom. The highest BCUT2D eigenvalue weighted by Gasteiger charge is 2.33. The van der Waals surface area contributed by atoms with E-state index in [1.165, 1.54) is 12.2 Å². The van der Waals surface area contributed by atoms with Crippen LogP contribution < -0.4 is 5.32 Å². The molecule has 5 amide bonds. The van der Waals surface area contributed by atoms with E-state index in [4.69, 9.17) is 9.94 Å². The summed E-state index contributed by atoms with van der Waals surface area (Å²) in [5.41, 5.74) is 0. The largest absolute Gasteiger partial charge is 0.465 e. The first-order valence-corrected chi connectivity index (χ1v) is 8.37. The number of carboxylic acid groups (broad SMARTS) is 1. The number of nitrogens with zero attached hydrogens (tertiary/aromatic N) is 2. The van der Waals surface area contributed by atoms with Crippen molar-refractivity contribution in [3.05, 3.63) is 12.2 Å². The van der Waals surface area contributed by atoms with Crippen LogP contribution >= 0.6 is 0 Å². The highest BCUT2D eigenvalue weighted by Crippen LogP contribution is 2.14. The van der Waals surface area contributed by atoms with Gasteiger partial charge >= 0.3 is 12.1 Å². The molecule has 0 aromatic heterocycles. The van der Waals surface area contributed by atoms with Crippen LogP contribution in [0, 0.1) is 0 Å². The minimum Gasteiger partial charge on any atom is -0.465 e. The molecule has 0 spiro atoms. The molecule has 1 saturated heterocycles. The van der Waals surface area contributed by atoms with E-state index >= 15 is 0 Å². The maximum atomic E-state index is 11.9. The van der Waals surface area contributed by atoms with E-state index in [0.29, 0.717) is 17.9 Å². The fourth-order valence-electron chi connectivity index (χ4n) is 2.71. The van der Waals surface area contributed by atoms with E-state index in [1.54, 1.807) is 0 Å². The summed E-state index contributed by atoms with van der Waals surface area (Å²) in [6, 6.07) is -0.800. The van der Waals surface area contributed by atoms with Gasteiger partial charge < -0.3 is 15.3 Å². The molecule has 1 atom stereocenters. The van der Waals surface area contributed by atoms with E-state index < -0.39 is 41.7 Å². The van der Waals surface area contributed by atoms with Crippen LogP contribution in [0.5, 0.6) is 0 Å². The second-order valence-corrected chi connectivity index (χ2v) is 6.05. The summed E-state index contributed by atoms with van der Waals surface area (Å²) < 4.78 is 0. The Labute approximate surface area is 153 Å². The summed E-state index contributed by atoms with van der Waals surface area (Å²) in [5.74, 6) is -2.95. The van der Waals surface area contributed by atoms with E-state index in [9.17, 15) is 28.8 Å². The highest BCUT2D eigenvalue weighted by atomic mass is 16.7. The molecule has 0 bridgehead atoms. The Morgan fingerprint density at radius 1 is 1.07 bits per heavy atom. The Hall–Kier alpha value is -3.24. The quantitative estimate of drug-likeness (QED) is 0.409. The number of nitrogens with one attached hydrogen (secondary N) is 1. The van der Waals surface area contributed by atoms with Gasteiger partial charge in [0.2, 0.25) is 0 Å². The van der Waals surface area contributed by atoms with Gasteiger partial charge in [0.25, 0.3) is 23.6 Å². The van der Waals surface area contributed by atoms with Crippen molar-refractivity contribution in [2.45, 2.75) is 44.6 Å². The molecule has 1 fully saturated rings. The molecule has 2 aliphatic rings. The van der Waals surface area contributed by atoms with Gasteiger partial charge in [-0.3, -0.25) is 24.1 Å². The Morgan fingerprint density at radius 3 is 2.22 bits per heavy atom. The number of hydrogen-bond donors (Lipinski definition) is 2. The lowest BCUT2D eigenvalue weighted by Gasteiger charge is -2.19. The predicted octanol–water partition coefficient (Wildman–Crippen LogP) is -0.285. The Kier molecular flexibility index (Phi) is 6.63. The first-order chi connectivity index (χ1) is 12.8.